The van der Waals surface area contributed by atoms with Gasteiger partial charge in [0.25, 0.3) is 5.91 Å². The molecule has 174 valence electrons. The van der Waals surface area contributed by atoms with E-state index < -0.39 is 17.8 Å². The van der Waals surface area contributed by atoms with Crippen LogP contribution in [0.15, 0.2) is 30.5 Å². The SMILES string of the molecule is CNc1nc(NC(C)c2cc(N)cc(C(F)(F)F)c2)c2cc(N3CCOCC3=O)ncc2n1. The summed E-state index contributed by atoms with van der Waals surface area (Å²) in [7, 11) is 1.65. The van der Waals surface area contributed by atoms with E-state index >= 15 is 0 Å². The van der Waals surface area contributed by atoms with E-state index in [-0.39, 0.29) is 18.2 Å². The van der Waals surface area contributed by atoms with E-state index in [0.717, 1.165) is 12.1 Å². The van der Waals surface area contributed by atoms with Crippen molar-refractivity contribution >= 4 is 40.1 Å². The number of pyridine rings is 1. The zero-order valence-electron chi connectivity index (χ0n) is 17.9. The van der Waals surface area contributed by atoms with Gasteiger partial charge >= 0.3 is 6.18 Å². The Morgan fingerprint density at radius 3 is 2.70 bits per heavy atom. The molecule has 1 atom stereocenters. The van der Waals surface area contributed by atoms with Gasteiger partial charge in [0.05, 0.1) is 36.5 Å². The highest BCUT2D eigenvalue weighted by molar-refractivity contribution is 5.97. The van der Waals surface area contributed by atoms with Crippen molar-refractivity contribution in [3.8, 4) is 0 Å². The zero-order valence-corrected chi connectivity index (χ0v) is 17.9. The quantitative estimate of drug-likeness (QED) is 0.496. The van der Waals surface area contributed by atoms with Gasteiger partial charge in [0.2, 0.25) is 5.95 Å². The maximum atomic E-state index is 13.2. The van der Waals surface area contributed by atoms with Gasteiger partial charge < -0.3 is 21.1 Å². The summed E-state index contributed by atoms with van der Waals surface area (Å²) in [5, 5.41) is 6.57. The van der Waals surface area contributed by atoms with Crippen molar-refractivity contribution in [3.63, 3.8) is 0 Å². The normalized spacial score (nSPS) is 15.5. The summed E-state index contributed by atoms with van der Waals surface area (Å²) < 4.78 is 44.9. The highest BCUT2D eigenvalue weighted by Crippen LogP contribution is 2.34. The van der Waals surface area contributed by atoms with Crippen molar-refractivity contribution in [3.05, 3.63) is 41.6 Å². The number of hydrogen-bond donors (Lipinski definition) is 3. The molecule has 3 heterocycles. The summed E-state index contributed by atoms with van der Waals surface area (Å²) in [5.74, 6) is 0.869. The molecule has 2 aromatic heterocycles. The first-order valence-electron chi connectivity index (χ1n) is 10.1. The van der Waals surface area contributed by atoms with Gasteiger partial charge in [-0.05, 0) is 36.8 Å². The minimum atomic E-state index is -4.52. The summed E-state index contributed by atoms with van der Waals surface area (Å²) in [6.07, 6.45) is -3.00. The third kappa shape index (κ3) is 4.75. The number of carbonyl (C=O) groups is 1. The number of carbonyl (C=O) groups excluding carboxylic acids is 1. The number of nitrogens with one attached hydrogen (secondary N) is 2. The predicted octanol–water partition coefficient (Wildman–Crippen LogP) is 3.20. The van der Waals surface area contributed by atoms with Gasteiger partial charge in [-0.15, -0.1) is 0 Å². The Bertz CT molecular complexity index is 1200. The van der Waals surface area contributed by atoms with E-state index in [1.165, 1.54) is 17.2 Å². The zero-order chi connectivity index (χ0) is 23.8. The van der Waals surface area contributed by atoms with E-state index in [4.69, 9.17) is 10.5 Å². The fourth-order valence-electron chi connectivity index (χ4n) is 3.53. The van der Waals surface area contributed by atoms with Gasteiger partial charge in [0.15, 0.2) is 0 Å². The Labute approximate surface area is 187 Å². The molecule has 0 bridgehead atoms. The fraction of sp³-hybridized carbons (Fsp3) is 0.333. The molecule has 0 radical (unpaired) electrons. The van der Waals surface area contributed by atoms with Crippen LogP contribution in [-0.4, -0.2) is 47.7 Å². The summed E-state index contributed by atoms with van der Waals surface area (Å²) in [4.78, 5) is 26.9. The second-order valence-electron chi connectivity index (χ2n) is 7.56. The number of fused-ring (bicyclic) bond motifs is 1. The Kier molecular flexibility index (Phi) is 5.93. The Morgan fingerprint density at radius 2 is 2.00 bits per heavy atom. The summed E-state index contributed by atoms with van der Waals surface area (Å²) in [5.41, 5.74) is 5.74. The summed E-state index contributed by atoms with van der Waals surface area (Å²) in [6.45, 7) is 2.42. The van der Waals surface area contributed by atoms with Crippen LogP contribution < -0.4 is 21.3 Å². The molecule has 1 aromatic carbocycles. The van der Waals surface area contributed by atoms with Gasteiger partial charge in [0.1, 0.15) is 18.2 Å². The third-order valence-corrected chi connectivity index (χ3v) is 5.21. The van der Waals surface area contributed by atoms with Crippen LogP contribution in [0.4, 0.5) is 36.4 Å². The number of hydrogen-bond acceptors (Lipinski definition) is 8. The van der Waals surface area contributed by atoms with Crippen molar-refractivity contribution in [2.45, 2.75) is 19.1 Å². The lowest BCUT2D eigenvalue weighted by atomic mass is 10.0. The van der Waals surface area contributed by atoms with E-state index in [2.05, 4.69) is 25.6 Å². The molecule has 0 spiro atoms. The molecule has 0 aliphatic carbocycles. The highest BCUT2D eigenvalue weighted by Gasteiger charge is 2.31. The number of nitrogen functional groups attached to an aromatic ring is 1. The molecule has 3 aromatic rings. The Hall–Kier alpha value is -3.67. The first-order valence-corrected chi connectivity index (χ1v) is 10.1. The van der Waals surface area contributed by atoms with Crippen LogP contribution in [0.2, 0.25) is 0 Å². The van der Waals surface area contributed by atoms with E-state index in [0.29, 0.717) is 47.2 Å². The van der Waals surface area contributed by atoms with E-state index in [9.17, 15) is 18.0 Å². The van der Waals surface area contributed by atoms with E-state index in [1.54, 1.807) is 20.0 Å². The molecule has 9 nitrogen and oxygen atoms in total. The van der Waals surface area contributed by atoms with Gasteiger partial charge in [-0.25, -0.2) is 9.97 Å². The van der Waals surface area contributed by atoms with Crippen molar-refractivity contribution in [1.29, 1.82) is 0 Å². The van der Waals surface area contributed by atoms with Crippen molar-refractivity contribution < 1.29 is 22.7 Å². The number of amides is 1. The molecule has 1 aliphatic heterocycles. The predicted molar refractivity (Wildman–Crippen MR) is 118 cm³/mol. The standard InChI is InChI=1S/C21H22F3N7O2/c1-11(12-5-13(21(22,23)24)7-14(25)6-12)28-19-15-8-17(31-3-4-33-10-18(31)32)27-9-16(15)29-20(26-2)30-19/h5-9,11H,3-4,10,25H2,1-2H3,(H2,26,28,29,30). The maximum absolute atomic E-state index is 13.2. The number of benzene rings is 1. The van der Waals surface area contributed by atoms with Crippen LogP contribution >= 0.6 is 0 Å². The average molecular weight is 461 g/mol. The molecule has 4 rings (SSSR count). The second-order valence-corrected chi connectivity index (χ2v) is 7.56. The number of nitrogens with two attached hydrogens (primary N) is 1. The van der Waals surface area contributed by atoms with Gasteiger partial charge in [-0.3, -0.25) is 9.69 Å². The second kappa shape index (κ2) is 8.70. The number of halogens is 3. The fourth-order valence-corrected chi connectivity index (χ4v) is 3.53. The number of ether oxygens (including phenoxy) is 1. The first kappa shape index (κ1) is 22.5. The average Bonchev–Trinajstić information content (AvgIpc) is 2.78. The molecule has 1 fully saturated rings. The number of anilines is 4. The monoisotopic (exact) mass is 461 g/mol. The molecular weight excluding hydrogens is 439 g/mol. The summed E-state index contributed by atoms with van der Waals surface area (Å²) in [6, 6.07) is 4.53. The number of alkyl halides is 3. The molecule has 12 heteroatoms. The van der Waals surface area contributed by atoms with Crippen LogP contribution in [0.25, 0.3) is 10.9 Å². The maximum Gasteiger partial charge on any atom is 0.416 e. The minimum Gasteiger partial charge on any atom is -0.399 e. The molecule has 1 amide bonds. The van der Waals surface area contributed by atoms with Crippen LogP contribution in [-0.2, 0) is 15.7 Å². The lowest BCUT2D eigenvalue weighted by Crippen LogP contribution is -2.42. The topological polar surface area (TPSA) is 118 Å². The van der Waals surface area contributed by atoms with Crippen molar-refractivity contribution in [1.82, 2.24) is 15.0 Å². The van der Waals surface area contributed by atoms with Gasteiger partial charge in [0, 0.05) is 18.1 Å². The smallest absolute Gasteiger partial charge is 0.399 e. The molecular formula is C21H22F3N7O2. The lowest BCUT2D eigenvalue weighted by molar-refractivity contribution is -0.137. The number of rotatable bonds is 5. The van der Waals surface area contributed by atoms with Gasteiger partial charge in [-0.1, -0.05) is 0 Å². The van der Waals surface area contributed by atoms with Gasteiger partial charge in [-0.2, -0.15) is 18.2 Å². The van der Waals surface area contributed by atoms with Crippen LogP contribution in [0.5, 0.6) is 0 Å². The number of aromatic nitrogens is 3. The molecule has 0 saturated carbocycles. The minimum absolute atomic E-state index is 0.00857. The molecule has 1 unspecified atom stereocenters. The van der Waals surface area contributed by atoms with E-state index in [1.807, 2.05) is 0 Å². The number of nitrogens with zero attached hydrogens (tertiary/aromatic N) is 4. The van der Waals surface area contributed by atoms with Crippen LogP contribution in [0, 0.1) is 0 Å². The van der Waals surface area contributed by atoms with Crippen molar-refractivity contribution in [2.75, 3.05) is 48.1 Å². The summed E-state index contributed by atoms with van der Waals surface area (Å²) >= 11 is 0. The Morgan fingerprint density at radius 1 is 1.21 bits per heavy atom. The molecule has 1 saturated heterocycles. The lowest BCUT2D eigenvalue weighted by Gasteiger charge is -2.26. The van der Waals surface area contributed by atoms with Crippen molar-refractivity contribution in [2.24, 2.45) is 0 Å². The first-order chi connectivity index (χ1) is 15.7. The molecule has 33 heavy (non-hydrogen) atoms. The highest BCUT2D eigenvalue weighted by atomic mass is 19.4. The number of morpholine rings is 1. The van der Waals surface area contributed by atoms with Crippen LogP contribution in [0.1, 0.15) is 24.1 Å². The largest absolute Gasteiger partial charge is 0.416 e. The van der Waals surface area contributed by atoms with Crippen LogP contribution in [0.3, 0.4) is 0 Å². The Balaban J connectivity index is 1.73. The molecule has 4 N–H and O–H groups in total. The third-order valence-electron chi connectivity index (χ3n) is 5.21. The molecule has 1 aliphatic rings.